The molecule has 0 bridgehead atoms. The molecule has 4 nitrogen and oxygen atoms in total. The molecule has 0 saturated carbocycles. The van der Waals surface area contributed by atoms with Gasteiger partial charge in [-0.15, -0.1) is 0 Å². The molecule has 116 valence electrons. The fourth-order valence-electron chi connectivity index (χ4n) is 2.32. The van der Waals surface area contributed by atoms with Gasteiger partial charge in [-0.25, -0.2) is 9.07 Å². The fourth-order valence-corrected chi connectivity index (χ4v) is 2.32. The smallest absolute Gasteiger partial charge is 0.253 e. The topological polar surface area (TPSA) is 38.1 Å². The average Bonchev–Trinajstić information content (AvgIpc) is 3.04. The van der Waals surface area contributed by atoms with E-state index in [4.69, 9.17) is 0 Å². The second-order valence-electron chi connectivity index (χ2n) is 5.30. The van der Waals surface area contributed by atoms with Crippen LogP contribution in [0.3, 0.4) is 0 Å². The first-order chi connectivity index (χ1) is 11.1. The highest BCUT2D eigenvalue weighted by Gasteiger charge is 2.13. The molecule has 3 aromatic rings. The molecule has 0 N–H and O–H groups in total. The van der Waals surface area contributed by atoms with Crippen molar-refractivity contribution in [2.75, 3.05) is 7.05 Å². The fraction of sp³-hybridized carbons (Fsp3) is 0.111. The van der Waals surface area contributed by atoms with E-state index in [0.29, 0.717) is 12.1 Å². The number of carbonyl (C=O) groups excluding carboxylic acids is 1. The van der Waals surface area contributed by atoms with Gasteiger partial charge in [0.05, 0.1) is 11.9 Å². The molecule has 3 rings (SSSR count). The van der Waals surface area contributed by atoms with Crippen molar-refractivity contribution in [3.8, 4) is 5.69 Å². The lowest BCUT2D eigenvalue weighted by atomic mass is 10.2. The highest BCUT2D eigenvalue weighted by atomic mass is 19.1. The first-order valence-electron chi connectivity index (χ1n) is 7.23. The molecular formula is C18H16FN3O. The van der Waals surface area contributed by atoms with Gasteiger partial charge in [-0.1, -0.05) is 18.2 Å². The summed E-state index contributed by atoms with van der Waals surface area (Å²) in [7, 11) is 1.71. The zero-order valence-corrected chi connectivity index (χ0v) is 12.7. The second-order valence-corrected chi connectivity index (χ2v) is 5.30. The van der Waals surface area contributed by atoms with Crippen molar-refractivity contribution in [2.24, 2.45) is 0 Å². The van der Waals surface area contributed by atoms with Crippen molar-refractivity contribution < 1.29 is 9.18 Å². The minimum Gasteiger partial charge on any atom is -0.337 e. The van der Waals surface area contributed by atoms with Crippen molar-refractivity contribution in [2.45, 2.75) is 6.54 Å². The molecule has 1 heterocycles. The van der Waals surface area contributed by atoms with Gasteiger partial charge < -0.3 is 4.90 Å². The van der Waals surface area contributed by atoms with Crippen molar-refractivity contribution in [1.82, 2.24) is 14.7 Å². The van der Waals surface area contributed by atoms with Crippen LogP contribution in [0.4, 0.5) is 4.39 Å². The van der Waals surface area contributed by atoms with E-state index in [2.05, 4.69) is 5.10 Å². The van der Waals surface area contributed by atoms with E-state index < -0.39 is 0 Å². The Labute approximate surface area is 133 Å². The first-order valence-corrected chi connectivity index (χ1v) is 7.23. The van der Waals surface area contributed by atoms with Gasteiger partial charge in [0, 0.05) is 30.9 Å². The Morgan fingerprint density at radius 3 is 2.52 bits per heavy atom. The molecule has 23 heavy (non-hydrogen) atoms. The van der Waals surface area contributed by atoms with Crippen LogP contribution >= 0.6 is 0 Å². The van der Waals surface area contributed by atoms with E-state index in [1.807, 2.05) is 36.5 Å². The Kier molecular flexibility index (Phi) is 4.19. The van der Waals surface area contributed by atoms with Gasteiger partial charge in [0.2, 0.25) is 0 Å². The minimum atomic E-state index is -0.353. The monoisotopic (exact) mass is 309 g/mol. The van der Waals surface area contributed by atoms with Crippen LogP contribution in [0.25, 0.3) is 5.69 Å². The van der Waals surface area contributed by atoms with Crippen LogP contribution in [0.2, 0.25) is 0 Å². The molecule has 5 heteroatoms. The Hall–Kier alpha value is -2.95. The Morgan fingerprint density at radius 1 is 1.13 bits per heavy atom. The third kappa shape index (κ3) is 3.45. The number of benzene rings is 2. The number of rotatable bonds is 4. The molecule has 0 spiro atoms. The summed E-state index contributed by atoms with van der Waals surface area (Å²) in [6.45, 7) is 0.434. The van der Waals surface area contributed by atoms with Gasteiger partial charge in [-0.05, 0) is 36.4 Å². The summed E-state index contributed by atoms with van der Waals surface area (Å²) in [5.74, 6) is -0.509. The van der Waals surface area contributed by atoms with Crippen molar-refractivity contribution in [1.29, 1.82) is 0 Å². The largest absolute Gasteiger partial charge is 0.337 e. The highest BCUT2D eigenvalue weighted by molar-refractivity contribution is 5.93. The van der Waals surface area contributed by atoms with Crippen LogP contribution in [-0.4, -0.2) is 27.6 Å². The number of hydrogen-bond acceptors (Lipinski definition) is 2. The maximum Gasteiger partial charge on any atom is 0.253 e. The Bertz CT molecular complexity index is 797. The molecule has 0 saturated heterocycles. The lowest BCUT2D eigenvalue weighted by molar-refractivity contribution is 0.0785. The quantitative estimate of drug-likeness (QED) is 0.742. The Morgan fingerprint density at radius 2 is 1.83 bits per heavy atom. The van der Waals surface area contributed by atoms with E-state index >= 15 is 0 Å². The van der Waals surface area contributed by atoms with Gasteiger partial charge in [0.15, 0.2) is 0 Å². The normalized spacial score (nSPS) is 10.5. The molecule has 1 amide bonds. The Balaban J connectivity index is 1.71. The van der Waals surface area contributed by atoms with Gasteiger partial charge >= 0.3 is 0 Å². The van der Waals surface area contributed by atoms with Crippen LogP contribution in [0.5, 0.6) is 0 Å². The van der Waals surface area contributed by atoms with Crippen LogP contribution in [0.1, 0.15) is 15.9 Å². The number of amides is 1. The number of aromatic nitrogens is 2. The maximum absolute atomic E-state index is 12.9. The molecule has 2 aromatic carbocycles. The standard InChI is InChI=1S/C18H16FN3O/c1-21(18(23)15-7-9-16(19)10-8-15)12-14-11-20-22(13-14)17-5-3-2-4-6-17/h2-11,13H,12H2,1H3. The number of hydrogen-bond donors (Lipinski definition) is 0. The number of nitrogens with zero attached hydrogens (tertiary/aromatic N) is 3. The van der Waals surface area contributed by atoms with Gasteiger partial charge in [-0.3, -0.25) is 4.79 Å². The molecule has 0 aliphatic rings. The predicted octanol–water partition coefficient (Wildman–Crippen LogP) is 3.28. The molecule has 0 aliphatic heterocycles. The number of para-hydroxylation sites is 1. The molecule has 0 aliphatic carbocycles. The lowest BCUT2D eigenvalue weighted by Crippen LogP contribution is -2.26. The van der Waals surface area contributed by atoms with E-state index in [1.165, 1.54) is 24.3 Å². The predicted molar refractivity (Wildman–Crippen MR) is 85.8 cm³/mol. The van der Waals surface area contributed by atoms with Crippen LogP contribution in [-0.2, 0) is 6.54 Å². The van der Waals surface area contributed by atoms with Gasteiger partial charge in [-0.2, -0.15) is 5.10 Å². The summed E-state index contributed by atoms with van der Waals surface area (Å²) >= 11 is 0. The highest BCUT2D eigenvalue weighted by Crippen LogP contribution is 2.11. The number of carbonyl (C=O) groups is 1. The summed E-state index contributed by atoms with van der Waals surface area (Å²) in [5, 5.41) is 4.31. The third-order valence-electron chi connectivity index (χ3n) is 3.51. The third-order valence-corrected chi connectivity index (χ3v) is 3.51. The molecule has 0 unspecified atom stereocenters. The lowest BCUT2D eigenvalue weighted by Gasteiger charge is -2.16. The molecule has 1 aromatic heterocycles. The first kappa shape index (κ1) is 15.0. The molecule has 0 atom stereocenters. The van der Waals surface area contributed by atoms with Crippen molar-refractivity contribution in [3.05, 3.63) is 83.9 Å². The summed E-state index contributed by atoms with van der Waals surface area (Å²) < 4.78 is 14.7. The van der Waals surface area contributed by atoms with Gasteiger partial charge in [0.1, 0.15) is 5.82 Å². The van der Waals surface area contributed by atoms with Crippen LogP contribution < -0.4 is 0 Å². The zero-order chi connectivity index (χ0) is 16.2. The molecule has 0 radical (unpaired) electrons. The summed E-state index contributed by atoms with van der Waals surface area (Å²) in [5.41, 5.74) is 2.35. The molecule has 0 fully saturated rings. The van der Waals surface area contributed by atoms with E-state index in [-0.39, 0.29) is 11.7 Å². The summed E-state index contributed by atoms with van der Waals surface area (Å²) in [6, 6.07) is 15.3. The van der Waals surface area contributed by atoms with Crippen molar-refractivity contribution in [3.63, 3.8) is 0 Å². The van der Waals surface area contributed by atoms with E-state index in [9.17, 15) is 9.18 Å². The van der Waals surface area contributed by atoms with Crippen LogP contribution in [0.15, 0.2) is 67.0 Å². The summed E-state index contributed by atoms with van der Waals surface area (Å²) in [4.78, 5) is 13.9. The molecular weight excluding hydrogens is 293 g/mol. The summed E-state index contributed by atoms with van der Waals surface area (Å²) in [6.07, 6.45) is 3.63. The average molecular weight is 309 g/mol. The second kappa shape index (κ2) is 6.44. The van der Waals surface area contributed by atoms with Gasteiger partial charge in [0.25, 0.3) is 5.91 Å². The maximum atomic E-state index is 12.9. The SMILES string of the molecule is CN(Cc1cnn(-c2ccccc2)c1)C(=O)c1ccc(F)cc1. The number of halogens is 1. The van der Waals surface area contributed by atoms with E-state index in [1.54, 1.807) is 22.8 Å². The van der Waals surface area contributed by atoms with E-state index in [0.717, 1.165) is 11.3 Å². The minimum absolute atomic E-state index is 0.155. The zero-order valence-electron chi connectivity index (χ0n) is 12.7. The van der Waals surface area contributed by atoms with Crippen molar-refractivity contribution >= 4 is 5.91 Å². The van der Waals surface area contributed by atoms with Crippen LogP contribution in [0, 0.1) is 5.82 Å².